The van der Waals surface area contributed by atoms with Crippen molar-refractivity contribution in [2.45, 2.75) is 45.6 Å². The fourth-order valence-electron chi connectivity index (χ4n) is 2.40. The van der Waals surface area contributed by atoms with Crippen LogP contribution >= 0.6 is 39.1 Å². The lowest BCUT2D eigenvalue weighted by Gasteiger charge is -2.35. The largest absolute Gasteiger partial charge is 0.381 e. The highest BCUT2D eigenvalue weighted by molar-refractivity contribution is 9.10. The first-order chi connectivity index (χ1) is 8.39. The van der Waals surface area contributed by atoms with Crippen LogP contribution in [0.4, 0.5) is 5.69 Å². The summed E-state index contributed by atoms with van der Waals surface area (Å²) < 4.78 is 0.837. The number of rotatable bonds is 2. The molecule has 1 nitrogen and oxygen atoms in total. The number of anilines is 1. The van der Waals surface area contributed by atoms with E-state index in [1.54, 1.807) is 0 Å². The fraction of sp³-hybridized carbons (Fsp3) is 0.571. The normalized spacial score (nSPS) is 19.8. The SMILES string of the molecule is CC1(C)CCC(Nc2ccc(Br)c(Cl)c2Cl)CC1. The molecule has 0 unspecified atom stereocenters. The summed E-state index contributed by atoms with van der Waals surface area (Å²) in [5.74, 6) is 0. The van der Waals surface area contributed by atoms with Crippen molar-refractivity contribution in [1.82, 2.24) is 0 Å². The van der Waals surface area contributed by atoms with Crippen molar-refractivity contribution in [2.75, 3.05) is 5.32 Å². The first kappa shape index (κ1) is 14.5. The molecule has 0 bridgehead atoms. The Morgan fingerprint density at radius 3 is 2.39 bits per heavy atom. The summed E-state index contributed by atoms with van der Waals surface area (Å²) in [5, 5.41) is 4.71. The van der Waals surface area contributed by atoms with Gasteiger partial charge in [-0.2, -0.15) is 0 Å². The maximum atomic E-state index is 6.25. The minimum atomic E-state index is 0.485. The Hall–Kier alpha value is 0.0800. The summed E-state index contributed by atoms with van der Waals surface area (Å²) in [7, 11) is 0. The van der Waals surface area contributed by atoms with E-state index >= 15 is 0 Å². The Morgan fingerprint density at radius 1 is 1.17 bits per heavy atom. The van der Waals surface area contributed by atoms with E-state index in [2.05, 4.69) is 35.1 Å². The van der Waals surface area contributed by atoms with E-state index in [-0.39, 0.29) is 0 Å². The summed E-state index contributed by atoms with van der Waals surface area (Å²) in [6, 6.07) is 4.43. The Morgan fingerprint density at radius 2 is 1.78 bits per heavy atom. The van der Waals surface area contributed by atoms with Crippen LogP contribution in [0.5, 0.6) is 0 Å². The van der Waals surface area contributed by atoms with Crippen LogP contribution in [0.15, 0.2) is 16.6 Å². The molecule has 1 fully saturated rings. The summed E-state index contributed by atoms with van der Waals surface area (Å²) in [6.07, 6.45) is 4.90. The van der Waals surface area contributed by atoms with Crippen LogP contribution in [0.3, 0.4) is 0 Å². The maximum Gasteiger partial charge on any atom is 0.0835 e. The van der Waals surface area contributed by atoms with Crippen molar-refractivity contribution >= 4 is 44.8 Å². The topological polar surface area (TPSA) is 12.0 Å². The van der Waals surface area contributed by atoms with Gasteiger partial charge in [-0.1, -0.05) is 37.0 Å². The van der Waals surface area contributed by atoms with E-state index in [9.17, 15) is 0 Å². The van der Waals surface area contributed by atoms with Crippen LogP contribution in [0.1, 0.15) is 39.5 Å². The second kappa shape index (κ2) is 5.60. The van der Waals surface area contributed by atoms with Crippen molar-refractivity contribution in [2.24, 2.45) is 5.41 Å². The van der Waals surface area contributed by atoms with Gasteiger partial charge in [0, 0.05) is 10.5 Å². The Bertz CT molecular complexity index is 436. The average Bonchev–Trinajstić information content (AvgIpc) is 2.32. The summed E-state index contributed by atoms with van der Waals surface area (Å²) in [5.41, 5.74) is 1.42. The molecule has 0 saturated heterocycles. The number of hydrogen-bond acceptors (Lipinski definition) is 1. The van der Waals surface area contributed by atoms with Crippen LogP contribution in [0, 0.1) is 5.41 Å². The van der Waals surface area contributed by atoms with E-state index < -0.39 is 0 Å². The molecule has 1 saturated carbocycles. The van der Waals surface area contributed by atoms with Gasteiger partial charge in [-0.15, -0.1) is 0 Å². The lowest BCUT2D eigenvalue weighted by Crippen LogP contribution is -2.29. The highest BCUT2D eigenvalue weighted by Gasteiger charge is 2.27. The van der Waals surface area contributed by atoms with Gasteiger partial charge >= 0.3 is 0 Å². The highest BCUT2D eigenvalue weighted by Crippen LogP contribution is 2.39. The zero-order valence-electron chi connectivity index (χ0n) is 10.7. The first-order valence-electron chi connectivity index (χ1n) is 6.29. The molecule has 1 N–H and O–H groups in total. The van der Waals surface area contributed by atoms with Crippen molar-refractivity contribution < 1.29 is 0 Å². The molecule has 0 radical (unpaired) electrons. The predicted molar refractivity (Wildman–Crippen MR) is 83.8 cm³/mol. The minimum absolute atomic E-state index is 0.485. The smallest absolute Gasteiger partial charge is 0.0835 e. The van der Waals surface area contributed by atoms with Gasteiger partial charge in [0.15, 0.2) is 0 Å². The molecule has 0 aliphatic heterocycles. The standard InChI is InChI=1S/C14H18BrCl2N/c1-14(2)7-5-9(6-8-14)18-11-4-3-10(15)12(16)13(11)17/h3-4,9,18H,5-8H2,1-2H3. The second-order valence-electron chi connectivity index (χ2n) is 5.81. The van der Waals surface area contributed by atoms with Crippen molar-refractivity contribution in [1.29, 1.82) is 0 Å². The third-order valence-electron chi connectivity index (χ3n) is 3.73. The zero-order chi connectivity index (χ0) is 13.3. The molecule has 0 spiro atoms. The van der Waals surface area contributed by atoms with Crippen molar-refractivity contribution in [3.8, 4) is 0 Å². The lowest BCUT2D eigenvalue weighted by molar-refractivity contribution is 0.232. The summed E-state index contributed by atoms with van der Waals surface area (Å²) >= 11 is 15.8. The molecule has 1 aliphatic carbocycles. The molecule has 4 heteroatoms. The van der Waals surface area contributed by atoms with Gasteiger partial charge in [0.2, 0.25) is 0 Å². The molecular formula is C14H18BrCl2N. The van der Waals surface area contributed by atoms with Crippen molar-refractivity contribution in [3.63, 3.8) is 0 Å². The van der Waals surface area contributed by atoms with E-state index in [0.29, 0.717) is 21.5 Å². The van der Waals surface area contributed by atoms with E-state index in [1.807, 2.05) is 12.1 Å². The lowest BCUT2D eigenvalue weighted by atomic mass is 9.75. The third-order valence-corrected chi connectivity index (χ3v) is 5.50. The van der Waals surface area contributed by atoms with Crippen LogP contribution in [-0.4, -0.2) is 6.04 Å². The molecule has 0 atom stereocenters. The van der Waals surface area contributed by atoms with Gasteiger partial charge in [0.1, 0.15) is 0 Å². The molecule has 100 valence electrons. The molecular weight excluding hydrogens is 333 g/mol. The summed E-state index contributed by atoms with van der Waals surface area (Å²) in [6.45, 7) is 4.68. The molecule has 0 amide bonds. The fourth-order valence-corrected chi connectivity index (χ4v) is 3.23. The maximum absolute atomic E-state index is 6.25. The number of nitrogens with one attached hydrogen (secondary N) is 1. The number of hydrogen-bond donors (Lipinski definition) is 1. The Labute approximate surface area is 127 Å². The first-order valence-corrected chi connectivity index (χ1v) is 7.84. The van der Waals surface area contributed by atoms with Gasteiger partial charge in [-0.25, -0.2) is 0 Å². The van der Waals surface area contributed by atoms with E-state index in [1.165, 1.54) is 25.7 Å². The monoisotopic (exact) mass is 349 g/mol. The summed E-state index contributed by atoms with van der Waals surface area (Å²) in [4.78, 5) is 0. The molecule has 1 aromatic carbocycles. The molecule has 0 heterocycles. The molecule has 1 aliphatic rings. The van der Waals surface area contributed by atoms with Gasteiger partial charge < -0.3 is 5.32 Å². The molecule has 1 aromatic rings. The zero-order valence-corrected chi connectivity index (χ0v) is 13.8. The average molecular weight is 351 g/mol. The quantitative estimate of drug-likeness (QED) is 0.632. The van der Waals surface area contributed by atoms with Crippen LogP contribution in [0.25, 0.3) is 0 Å². The third kappa shape index (κ3) is 3.34. The number of halogens is 3. The molecule has 2 rings (SSSR count). The van der Waals surface area contributed by atoms with E-state index in [4.69, 9.17) is 23.2 Å². The Balaban J connectivity index is 2.05. The van der Waals surface area contributed by atoms with Crippen molar-refractivity contribution in [3.05, 3.63) is 26.7 Å². The second-order valence-corrected chi connectivity index (χ2v) is 7.42. The van der Waals surface area contributed by atoms with Crippen LogP contribution in [0.2, 0.25) is 10.0 Å². The highest BCUT2D eigenvalue weighted by atomic mass is 79.9. The van der Waals surface area contributed by atoms with Gasteiger partial charge in [-0.05, 0) is 59.2 Å². The van der Waals surface area contributed by atoms with Gasteiger partial charge in [0.25, 0.3) is 0 Å². The molecule has 18 heavy (non-hydrogen) atoms. The number of benzene rings is 1. The van der Waals surface area contributed by atoms with E-state index in [0.717, 1.165) is 10.2 Å². The van der Waals surface area contributed by atoms with Gasteiger partial charge in [0.05, 0.1) is 15.7 Å². The van der Waals surface area contributed by atoms with Gasteiger partial charge in [-0.3, -0.25) is 0 Å². The predicted octanol–water partition coefficient (Wildman–Crippen LogP) is 6.14. The van der Waals surface area contributed by atoms with Crippen LogP contribution in [-0.2, 0) is 0 Å². The molecule has 0 aromatic heterocycles. The minimum Gasteiger partial charge on any atom is -0.381 e. The Kier molecular flexibility index (Phi) is 4.51. The van der Waals surface area contributed by atoms with Crippen LogP contribution < -0.4 is 5.32 Å².